The number of hydrogen-bond donors (Lipinski definition) is 1. The van der Waals surface area contributed by atoms with E-state index in [0.29, 0.717) is 16.7 Å². The van der Waals surface area contributed by atoms with Crippen molar-refractivity contribution in [1.29, 1.82) is 0 Å². The molecule has 0 aliphatic carbocycles. The van der Waals surface area contributed by atoms with E-state index < -0.39 is 10.7 Å². The minimum atomic E-state index is -0.547. The Labute approximate surface area is 118 Å². The molecule has 0 spiro atoms. The minimum Gasteiger partial charge on any atom is -0.408 e. The third-order valence-electron chi connectivity index (χ3n) is 3.21. The van der Waals surface area contributed by atoms with Gasteiger partial charge in [0.25, 0.3) is 5.69 Å². The van der Waals surface area contributed by atoms with Gasteiger partial charge in [0.2, 0.25) is 0 Å². The van der Waals surface area contributed by atoms with Crippen LogP contribution in [-0.2, 0) is 6.54 Å². The van der Waals surface area contributed by atoms with Gasteiger partial charge in [-0.3, -0.25) is 14.7 Å². The second-order valence-electron chi connectivity index (χ2n) is 4.57. The standard InChI is InChI=1S/C14H11N3O4/c15-10-6-5-9(7-12(10)17(19)20)8-16-11-3-1-2-4-13(11)21-14(16)18/h1-7H,8,15H2. The summed E-state index contributed by atoms with van der Waals surface area (Å²) in [5.74, 6) is -0.504. The first kappa shape index (κ1) is 12.9. The Morgan fingerprint density at radius 1 is 1.24 bits per heavy atom. The number of rotatable bonds is 3. The number of anilines is 1. The molecular formula is C14H11N3O4. The molecule has 0 aliphatic heterocycles. The molecular weight excluding hydrogens is 274 g/mol. The summed E-state index contributed by atoms with van der Waals surface area (Å²) in [5, 5.41) is 10.9. The number of nitro groups is 1. The van der Waals surface area contributed by atoms with E-state index in [2.05, 4.69) is 0 Å². The summed E-state index contributed by atoms with van der Waals surface area (Å²) < 4.78 is 6.54. The maximum absolute atomic E-state index is 11.9. The molecule has 0 fully saturated rings. The van der Waals surface area contributed by atoms with Crippen LogP contribution in [0.2, 0.25) is 0 Å². The molecule has 1 heterocycles. The smallest absolute Gasteiger partial charge is 0.408 e. The molecule has 0 amide bonds. The molecule has 2 aromatic carbocycles. The quantitative estimate of drug-likeness (QED) is 0.451. The lowest BCUT2D eigenvalue weighted by molar-refractivity contribution is -0.384. The third kappa shape index (κ3) is 2.25. The summed E-state index contributed by atoms with van der Waals surface area (Å²) in [6.45, 7) is 0.178. The Hall–Kier alpha value is -3.09. The van der Waals surface area contributed by atoms with Gasteiger partial charge >= 0.3 is 5.76 Å². The Balaban J connectivity index is 2.07. The fourth-order valence-electron chi connectivity index (χ4n) is 2.19. The number of hydrogen-bond acceptors (Lipinski definition) is 5. The van der Waals surface area contributed by atoms with E-state index in [0.717, 1.165) is 0 Å². The van der Waals surface area contributed by atoms with Crippen molar-refractivity contribution in [3.05, 3.63) is 68.7 Å². The van der Waals surface area contributed by atoms with Crippen molar-refractivity contribution >= 4 is 22.5 Å². The van der Waals surface area contributed by atoms with E-state index in [9.17, 15) is 14.9 Å². The van der Waals surface area contributed by atoms with Gasteiger partial charge in [0.05, 0.1) is 17.0 Å². The lowest BCUT2D eigenvalue weighted by Gasteiger charge is -2.04. The maximum Gasteiger partial charge on any atom is 0.420 e. The van der Waals surface area contributed by atoms with Crippen molar-refractivity contribution < 1.29 is 9.34 Å². The second kappa shape index (κ2) is 4.78. The summed E-state index contributed by atoms with van der Waals surface area (Å²) in [4.78, 5) is 22.2. The van der Waals surface area contributed by atoms with Crippen molar-refractivity contribution in [2.24, 2.45) is 0 Å². The van der Waals surface area contributed by atoms with Gasteiger partial charge in [0.15, 0.2) is 5.58 Å². The second-order valence-corrected chi connectivity index (χ2v) is 4.57. The number of nitrogens with two attached hydrogens (primary N) is 1. The van der Waals surface area contributed by atoms with Crippen LogP contribution in [0.3, 0.4) is 0 Å². The van der Waals surface area contributed by atoms with Crippen LogP contribution >= 0.6 is 0 Å². The zero-order valence-corrected chi connectivity index (χ0v) is 10.9. The van der Waals surface area contributed by atoms with E-state index in [1.165, 1.54) is 16.7 Å². The van der Waals surface area contributed by atoms with Crippen molar-refractivity contribution in [3.63, 3.8) is 0 Å². The average molecular weight is 285 g/mol. The molecule has 0 saturated heterocycles. The Bertz CT molecular complexity index is 895. The molecule has 21 heavy (non-hydrogen) atoms. The number of para-hydroxylation sites is 2. The molecule has 0 unspecified atom stereocenters. The molecule has 0 bridgehead atoms. The summed E-state index contributed by atoms with van der Waals surface area (Å²) >= 11 is 0. The first-order valence-corrected chi connectivity index (χ1v) is 6.17. The molecule has 7 nitrogen and oxygen atoms in total. The van der Waals surface area contributed by atoms with Gasteiger partial charge in [-0.25, -0.2) is 4.79 Å². The van der Waals surface area contributed by atoms with Gasteiger partial charge in [-0.15, -0.1) is 0 Å². The highest BCUT2D eigenvalue weighted by Gasteiger charge is 2.14. The van der Waals surface area contributed by atoms with Gasteiger partial charge < -0.3 is 10.2 Å². The summed E-state index contributed by atoms with van der Waals surface area (Å²) in [6, 6.07) is 11.5. The number of fused-ring (bicyclic) bond motifs is 1. The number of nitrogen functional groups attached to an aromatic ring is 1. The minimum absolute atomic E-state index is 0.0909. The molecule has 0 saturated carbocycles. The van der Waals surface area contributed by atoms with Crippen LogP contribution in [0.25, 0.3) is 11.1 Å². The predicted octanol–water partition coefficient (Wildman–Crippen LogP) is 2.13. The topological polar surface area (TPSA) is 104 Å². The summed E-state index contributed by atoms with van der Waals surface area (Å²) in [5.41, 5.74) is 7.19. The van der Waals surface area contributed by atoms with Crippen molar-refractivity contribution in [1.82, 2.24) is 4.57 Å². The van der Waals surface area contributed by atoms with Crippen molar-refractivity contribution in [2.45, 2.75) is 6.54 Å². The Morgan fingerprint density at radius 3 is 2.76 bits per heavy atom. The largest absolute Gasteiger partial charge is 0.420 e. The zero-order valence-electron chi connectivity index (χ0n) is 10.9. The fourth-order valence-corrected chi connectivity index (χ4v) is 2.19. The van der Waals surface area contributed by atoms with Crippen LogP contribution in [-0.4, -0.2) is 9.49 Å². The van der Waals surface area contributed by atoms with Crippen LogP contribution in [0, 0.1) is 10.1 Å². The molecule has 2 N–H and O–H groups in total. The SMILES string of the molecule is Nc1ccc(Cn2c(=O)oc3ccccc32)cc1[N+](=O)[O-]. The number of nitrogens with zero attached hydrogens (tertiary/aromatic N) is 2. The van der Waals surface area contributed by atoms with E-state index >= 15 is 0 Å². The number of benzene rings is 2. The third-order valence-corrected chi connectivity index (χ3v) is 3.21. The van der Waals surface area contributed by atoms with Gasteiger partial charge in [-0.2, -0.15) is 0 Å². The van der Waals surface area contributed by atoms with Crippen LogP contribution < -0.4 is 11.5 Å². The van der Waals surface area contributed by atoms with Crippen molar-refractivity contribution in [3.8, 4) is 0 Å². The van der Waals surface area contributed by atoms with Crippen LogP contribution in [0.4, 0.5) is 11.4 Å². The lowest BCUT2D eigenvalue weighted by atomic mass is 10.1. The zero-order chi connectivity index (χ0) is 15.0. The number of oxazole rings is 1. The molecule has 106 valence electrons. The molecule has 7 heteroatoms. The van der Waals surface area contributed by atoms with Gasteiger partial charge in [0, 0.05) is 6.07 Å². The first-order valence-electron chi connectivity index (χ1n) is 6.17. The molecule has 1 aromatic heterocycles. The summed E-state index contributed by atoms with van der Waals surface area (Å²) in [6.07, 6.45) is 0. The van der Waals surface area contributed by atoms with E-state index in [1.807, 2.05) is 0 Å². The Morgan fingerprint density at radius 2 is 2.00 bits per heavy atom. The van der Waals surface area contributed by atoms with E-state index in [-0.39, 0.29) is 17.9 Å². The molecule has 0 aliphatic rings. The predicted molar refractivity (Wildman–Crippen MR) is 77.1 cm³/mol. The Kier molecular flexibility index (Phi) is 2.94. The normalized spacial score (nSPS) is 10.9. The van der Waals surface area contributed by atoms with E-state index in [4.69, 9.17) is 10.2 Å². The monoisotopic (exact) mass is 285 g/mol. The molecule has 3 aromatic rings. The highest BCUT2D eigenvalue weighted by Crippen LogP contribution is 2.23. The van der Waals surface area contributed by atoms with Crippen molar-refractivity contribution in [2.75, 3.05) is 5.73 Å². The van der Waals surface area contributed by atoms with Crippen LogP contribution in [0.1, 0.15) is 5.56 Å². The highest BCUT2D eigenvalue weighted by atomic mass is 16.6. The van der Waals surface area contributed by atoms with Gasteiger partial charge in [-0.1, -0.05) is 18.2 Å². The van der Waals surface area contributed by atoms with Gasteiger partial charge in [-0.05, 0) is 23.8 Å². The lowest BCUT2D eigenvalue weighted by Crippen LogP contribution is -2.15. The summed E-state index contributed by atoms with van der Waals surface area (Å²) in [7, 11) is 0. The molecule has 0 radical (unpaired) electrons. The molecule has 0 atom stereocenters. The number of aromatic nitrogens is 1. The number of nitro benzene ring substituents is 1. The van der Waals surface area contributed by atoms with Crippen LogP contribution in [0.5, 0.6) is 0 Å². The maximum atomic E-state index is 11.9. The fraction of sp³-hybridized carbons (Fsp3) is 0.0714. The first-order chi connectivity index (χ1) is 10.1. The van der Waals surface area contributed by atoms with Gasteiger partial charge in [0.1, 0.15) is 5.69 Å². The van der Waals surface area contributed by atoms with Crippen LogP contribution in [0.15, 0.2) is 51.7 Å². The van der Waals surface area contributed by atoms with E-state index in [1.54, 1.807) is 30.3 Å². The average Bonchev–Trinajstić information content (AvgIpc) is 2.77. The highest BCUT2D eigenvalue weighted by molar-refractivity contribution is 5.72. The molecule has 3 rings (SSSR count).